The molecule has 0 aliphatic heterocycles. The highest BCUT2D eigenvalue weighted by Crippen LogP contribution is 2.60. The first-order valence-corrected chi connectivity index (χ1v) is 4.13. The predicted molar refractivity (Wildman–Crippen MR) is 47.3 cm³/mol. The van der Waals surface area contributed by atoms with Crippen LogP contribution >= 0.6 is 12.4 Å². The van der Waals surface area contributed by atoms with Crippen molar-refractivity contribution in [3.63, 3.8) is 0 Å². The van der Waals surface area contributed by atoms with Crippen molar-refractivity contribution in [1.82, 2.24) is 0 Å². The number of hydrogen-bond donors (Lipinski definition) is 2. The topological polar surface area (TPSA) is 63.3 Å². The molecule has 3 N–H and O–H groups in total. The van der Waals surface area contributed by atoms with Crippen LogP contribution in [0.3, 0.4) is 0 Å². The molecule has 0 radical (unpaired) electrons. The fourth-order valence-electron chi connectivity index (χ4n) is 2.38. The first-order valence-electron chi connectivity index (χ1n) is 4.13. The van der Waals surface area contributed by atoms with E-state index >= 15 is 0 Å². The van der Waals surface area contributed by atoms with Gasteiger partial charge in [-0.2, -0.15) is 0 Å². The highest BCUT2D eigenvalue weighted by Gasteiger charge is 2.63. The van der Waals surface area contributed by atoms with Crippen molar-refractivity contribution < 1.29 is 9.90 Å². The summed E-state index contributed by atoms with van der Waals surface area (Å²) < 4.78 is 0. The molecule has 0 amide bonds. The maximum Gasteiger partial charge on any atom is 0.324 e. The van der Waals surface area contributed by atoms with Crippen molar-refractivity contribution in [2.75, 3.05) is 0 Å². The highest BCUT2D eigenvalue weighted by atomic mass is 35.5. The number of nitrogens with two attached hydrogens (primary N) is 1. The van der Waals surface area contributed by atoms with Crippen LogP contribution in [-0.4, -0.2) is 16.6 Å². The second-order valence-electron chi connectivity index (χ2n) is 3.91. The molecule has 2 rings (SSSR count). The zero-order valence-corrected chi connectivity index (χ0v) is 7.69. The minimum atomic E-state index is -0.870. The largest absolute Gasteiger partial charge is 0.480 e. The summed E-state index contributed by atoms with van der Waals surface area (Å²) in [5.41, 5.74) is 4.92. The third-order valence-electron chi connectivity index (χ3n) is 3.64. The third kappa shape index (κ3) is 0.837. The quantitative estimate of drug-likeness (QED) is 0.654. The Bertz CT molecular complexity index is 210. The SMILES string of the molecule is Cl.NC1(C(=O)O)CCC12CCC2. The zero-order chi connectivity index (χ0) is 8.11. The van der Waals surface area contributed by atoms with Gasteiger partial charge in [0, 0.05) is 0 Å². The van der Waals surface area contributed by atoms with E-state index in [1.54, 1.807) is 0 Å². The van der Waals surface area contributed by atoms with Gasteiger partial charge in [0.2, 0.25) is 0 Å². The molecule has 12 heavy (non-hydrogen) atoms. The summed E-state index contributed by atoms with van der Waals surface area (Å²) in [5.74, 6) is -0.802. The molecule has 4 heteroatoms. The molecular formula is C8H14ClNO2. The van der Waals surface area contributed by atoms with Gasteiger partial charge >= 0.3 is 5.97 Å². The van der Waals surface area contributed by atoms with E-state index in [1.165, 1.54) is 0 Å². The fourth-order valence-corrected chi connectivity index (χ4v) is 2.38. The van der Waals surface area contributed by atoms with Gasteiger partial charge in [-0.25, -0.2) is 0 Å². The summed E-state index contributed by atoms with van der Waals surface area (Å²) in [7, 11) is 0. The molecule has 2 saturated carbocycles. The average molecular weight is 192 g/mol. The minimum Gasteiger partial charge on any atom is -0.480 e. The Hall–Kier alpha value is -0.280. The molecule has 0 heterocycles. The van der Waals surface area contributed by atoms with E-state index in [0.717, 1.165) is 25.7 Å². The number of carboxylic acid groups (broad SMARTS) is 1. The molecule has 1 atom stereocenters. The lowest BCUT2D eigenvalue weighted by Crippen LogP contribution is -2.70. The molecule has 0 saturated heterocycles. The first-order chi connectivity index (χ1) is 5.11. The monoisotopic (exact) mass is 191 g/mol. The number of aliphatic carboxylic acids is 1. The van der Waals surface area contributed by atoms with E-state index in [0.29, 0.717) is 6.42 Å². The van der Waals surface area contributed by atoms with Crippen LogP contribution in [0.4, 0.5) is 0 Å². The van der Waals surface area contributed by atoms with Crippen molar-refractivity contribution in [2.24, 2.45) is 11.1 Å². The van der Waals surface area contributed by atoms with Crippen LogP contribution in [0, 0.1) is 5.41 Å². The van der Waals surface area contributed by atoms with Crippen LogP contribution in [0.1, 0.15) is 32.1 Å². The van der Waals surface area contributed by atoms with Crippen molar-refractivity contribution in [2.45, 2.75) is 37.6 Å². The lowest BCUT2D eigenvalue weighted by atomic mass is 9.46. The summed E-state index contributed by atoms with van der Waals surface area (Å²) >= 11 is 0. The smallest absolute Gasteiger partial charge is 0.324 e. The van der Waals surface area contributed by atoms with E-state index in [4.69, 9.17) is 10.8 Å². The van der Waals surface area contributed by atoms with Gasteiger partial charge in [-0.05, 0) is 31.1 Å². The second kappa shape index (κ2) is 2.60. The van der Waals surface area contributed by atoms with Crippen molar-refractivity contribution >= 4 is 18.4 Å². The Morgan fingerprint density at radius 1 is 1.25 bits per heavy atom. The van der Waals surface area contributed by atoms with Gasteiger partial charge in [0.05, 0.1) is 0 Å². The highest BCUT2D eigenvalue weighted by molar-refractivity contribution is 5.85. The van der Waals surface area contributed by atoms with Crippen LogP contribution in [-0.2, 0) is 4.79 Å². The first kappa shape index (κ1) is 9.81. The summed E-state index contributed by atoms with van der Waals surface area (Å²) in [6.07, 6.45) is 4.90. The maximum atomic E-state index is 10.8. The van der Waals surface area contributed by atoms with Gasteiger partial charge in [0.1, 0.15) is 5.54 Å². The van der Waals surface area contributed by atoms with Gasteiger partial charge in [0.25, 0.3) is 0 Å². The number of carboxylic acids is 1. The Labute approximate surface area is 77.7 Å². The molecule has 3 nitrogen and oxygen atoms in total. The van der Waals surface area contributed by atoms with Gasteiger partial charge < -0.3 is 10.8 Å². The Morgan fingerprint density at radius 3 is 1.92 bits per heavy atom. The Kier molecular flexibility index (Phi) is 2.13. The summed E-state index contributed by atoms with van der Waals surface area (Å²) in [6, 6.07) is 0. The second-order valence-corrected chi connectivity index (χ2v) is 3.91. The van der Waals surface area contributed by atoms with Crippen LogP contribution in [0.5, 0.6) is 0 Å². The molecule has 2 fully saturated rings. The fraction of sp³-hybridized carbons (Fsp3) is 0.875. The van der Waals surface area contributed by atoms with Crippen LogP contribution < -0.4 is 5.73 Å². The third-order valence-corrected chi connectivity index (χ3v) is 3.64. The van der Waals surface area contributed by atoms with E-state index in [2.05, 4.69) is 0 Å². The standard InChI is InChI=1S/C8H13NO2.ClH/c9-8(6(10)11)5-4-7(8)2-1-3-7;/h1-5,9H2,(H,10,11);1H. The lowest BCUT2D eigenvalue weighted by molar-refractivity contribution is -0.167. The number of hydrogen-bond acceptors (Lipinski definition) is 2. The molecular weight excluding hydrogens is 178 g/mol. The van der Waals surface area contributed by atoms with Crippen molar-refractivity contribution in [3.8, 4) is 0 Å². The predicted octanol–water partition coefficient (Wildman–Crippen LogP) is 1.15. The zero-order valence-electron chi connectivity index (χ0n) is 6.88. The molecule has 2 aliphatic rings. The van der Waals surface area contributed by atoms with Crippen LogP contribution in [0.15, 0.2) is 0 Å². The molecule has 1 unspecified atom stereocenters. The normalized spacial score (nSPS) is 36.1. The molecule has 1 spiro atoms. The lowest BCUT2D eigenvalue weighted by Gasteiger charge is -2.60. The Balaban J connectivity index is 0.000000720. The van der Waals surface area contributed by atoms with Gasteiger partial charge in [-0.1, -0.05) is 6.42 Å². The van der Waals surface area contributed by atoms with Crippen molar-refractivity contribution in [1.29, 1.82) is 0 Å². The molecule has 0 aromatic carbocycles. The van der Waals surface area contributed by atoms with E-state index in [1.807, 2.05) is 0 Å². The molecule has 2 aliphatic carbocycles. The maximum absolute atomic E-state index is 10.8. The molecule has 0 bridgehead atoms. The molecule has 70 valence electrons. The molecule has 0 aromatic rings. The van der Waals surface area contributed by atoms with E-state index in [-0.39, 0.29) is 17.8 Å². The van der Waals surface area contributed by atoms with E-state index < -0.39 is 11.5 Å². The van der Waals surface area contributed by atoms with Gasteiger partial charge in [0.15, 0.2) is 0 Å². The Morgan fingerprint density at radius 2 is 1.83 bits per heavy atom. The number of carbonyl (C=O) groups is 1. The summed E-state index contributed by atoms with van der Waals surface area (Å²) in [4.78, 5) is 10.8. The number of rotatable bonds is 1. The van der Waals surface area contributed by atoms with Gasteiger partial charge in [-0.15, -0.1) is 12.4 Å². The molecule has 0 aromatic heterocycles. The average Bonchev–Trinajstić information content (AvgIpc) is 1.80. The number of halogens is 1. The summed E-state index contributed by atoms with van der Waals surface area (Å²) in [5, 5.41) is 8.87. The minimum absolute atomic E-state index is 0. The summed E-state index contributed by atoms with van der Waals surface area (Å²) in [6.45, 7) is 0. The van der Waals surface area contributed by atoms with Crippen molar-refractivity contribution in [3.05, 3.63) is 0 Å². The van der Waals surface area contributed by atoms with Crippen LogP contribution in [0.2, 0.25) is 0 Å². The van der Waals surface area contributed by atoms with E-state index in [9.17, 15) is 4.79 Å². The van der Waals surface area contributed by atoms with Crippen LogP contribution in [0.25, 0.3) is 0 Å². The van der Waals surface area contributed by atoms with Gasteiger partial charge in [-0.3, -0.25) is 4.79 Å².